The number of likely N-dealkylation sites (N-methyl/N-ethyl adjacent to an activating group) is 1. The van der Waals surface area contributed by atoms with Crippen LogP contribution in [0.3, 0.4) is 0 Å². The second kappa shape index (κ2) is 5.52. The Balaban J connectivity index is 1.97. The molecule has 0 aliphatic carbocycles. The molecule has 1 heterocycles. The zero-order chi connectivity index (χ0) is 17.6. The summed E-state index contributed by atoms with van der Waals surface area (Å²) >= 11 is 0. The van der Waals surface area contributed by atoms with Crippen molar-refractivity contribution >= 4 is 27.3 Å². The number of carbonyl (C=O) groups is 1. The average molecular weight is 356 g/mol. The maximum absolute atomic E-state index is 13.6. The van der Waals surface area contributed by atoms with Crippen LogP contribution in [0.2, 0.25) is 0 Å². The van der Waals surface area contributed by atoms with Gasteiger partial charge in [-0.15, -0.1) is 0 Å². The van der Waals surface area contributed by atoms with Crippen molar-refractivity contribution in [1.82, 2.24) is 0 Å². The molecule has 0 saturated carbocycles. The van der Waals surface area contributed by atoms with E-state index in [9.17, 15) is 26.4 Å². The standard InChI is InChI=1S/C15H11F3N2O3S/c1-20-12-5-2-9(6-8(12)7-13(20)21)24(22,23)19-11-4-3-10(16)14(17)15(11)18/h2-6,19H,7H2,1H3. The van der Waals surface area contributed by atoms with Crippen LogP contribution in [0.15, 0.2) is 35.2 Å². The molecule has 0 radical (unpaired) electrons. The van der Waals surface area contributed by atoms with E-state index in [4.69, 9.17) is 0 Å². The second-order valence-electron chi connectivity index (χ2n) is 5.25. The average Bonchev–Trinajstić information content (AvgIpc) is 2.82. The topological polar surface area (TPSA) is 66.5 Å². The minimum atomic E-state index is -4.23. The number of hydrogen-bond donors (Lipinski definition) is 1. The van der Waals surface area contributed by atoms with Gasteiger partial charge in [0.05, 0.1) is 17.0 Å². The molecule has 0 atom stereocenters. The number of fused-ring (bicyclic) bond motifs is 1. The van der Waals surface area contributed by atoms with Crippen molar-refractivity contribution in [3.8, 4) is 0 Å². The third-order valence-corrected chi connectivity index (χ3v) is 5.08. The van der Waals surface area contributed by atoms with Crippen molar-refractivity contribution in [2.45, 2.75) is 11.3 Å². The Morgan fingerprint density at radius 1 is 1.08 bits per heavy atom. The van der Waals surface area contributed by atoms with Gasteiger partial charge in [0.25, 0.3) is 10.0 Å². The maximum atomic E-state index is 13.6. The molecule has 9 heteroatoms. The molecule has 0 bridgehead atoms. The highest BCUT2D eigenvalue weighted by molar-refractivity contribution is 7.92. The lowest BCUT2D eigenvalue weighted by Crippen LogP contribution is -2.20. The molecule has 1 amide bonds. The van der Waals surface area contributed by atoms with E-state index in [1.165, 1.54) is 23.1 Å². The Morgan fingerprint density at radius 2 is 1.79 bits per heavy atom. The predicted octanol–water partition coefficient (Wildman–Crippen LogP) is 2.42. The third-order valence-electron chi connectivity index (χ3n) is 3.72. The summed E-state index contributed by atoms with van der Waals surface area (Å²) < 4.78 is 66.3. The molecule has 0 saturated heterocycles. The molecule has 1 aliphatic heterocycles. The molecule has 1 N–H and O–H groups in total. The van der Waals surface area contributed by atoms with Gasteiger partial charge in [-0.05, 0) is 35.9 Å². The van der Waals surface area contributed by atoms with Crippen molar-refractivity contribution in [2.75, 3.05) is 16.7 Å². The van der Waals surface area contributed by atoms with Gasteiger partial charge in [-0.1, -0.05) is 0 Å². The highest BCUT2D eigenvalue weighted by Gasteiger charge is 2.27. The number of anilines is 2. The van der Waals surface area contributed by atoms with Crippen LogP contribution in [0, 0.1) is 17.5 Å². The number of halogens is 3. The molecule has 2 aromatic rings. The highest BCUT2D eigenvalue weighted by atomic mass is 32.2. The van der Waals surface area contributed by atoms with E-state index in [0.29, 0.717) is 17.3 Å². The molecule has 0 unspecified atom stereocenters. The van der Waals surface area contributed by atoms with Gasteiger partial charge >= 0.3 is 0 Å². The van der Waals surface area contributed by atoms with Crippen LogP contribution in [-0.2, 0) is 21.2 Å². The summed E-state index contributed by atoms with van der Waals surface area (Å²) in [6.45, 7) is 0. The molecule has 2 aromatic carbocycles. The van der Waals surface area contributed by atoms with Gasteiger partial charge in [0.1, 0.15) is 0 Å². The van der Waals surface area contributed by atoms with Crippen LogP contribution in [0.1, 0.15) is 5.56 Å². The smallest absolute Gasteiger partial charge is 0.262 e. The van der Waals surface area contributed by atoms with E-state index in [1.54, 1.807) is 7.05 Å². The molecule has 24 heavy (non-hydrogen) atoms. The first-order chi connectivity index (χ1) is 11.2. The molecule has 0 spiro atoms. The number of carbonyl (C=O) groups excluding carboxylic acids is 1. The summed E-state index contributed by atoms with van der Waals surface area (Å²) in [7, 11) is -2.66. The molecule has 1 aliphatic rings. The largest absolute Gasteiger partial charge is 0.315 e. The lowest BCUT2D eigenvalue weighted by Gasteiger charge is -2.12. The summed E-state index contributed by atoms with van der Waals surface area (Å²) in [5.41, 5.74) is 0.386. The Labute approximate surface area is 135 Å². The van der Waals surface area contributed by atoms with Gasteiger partial charge in [-0.2, -0.15) is 0 Å². The highest BCUT2D eigenvalue weighted by Crippen LogP contribution is 2.30. The second-order valence-corrected chi connectivity index (χ2v) is 6.93. The zero-order valence-electron chi connectivity index (χ0n) is 12.3. The zero-order valence-corrected chi connectivity index (χ0v) is 13.1. The third kappa shape index (κ3) is 2.60. The van der Waals surface area contributed by atoms with Gasteiger partial charge in [0.15, 0.2) is 17.5 Å². The van der Waals surface area contributed by atoms with Crippen LogP contribution >= 0.6 is 0 Å². The van der Waals surface area contributed by atoms with Crippen molar-refractivity contribution in [3.63, 3.8) is 0 Å². The van der Waals surface area contributed by atoms with Gasteiger partial charge in [-0.3, -0.25) is 9.52 Å². The SMILES string of the molecule is CN1C(=O)Cc2cc(S(=O)(=O)Nc3ccc(F)c(F)c3F)ccc21. The summed E-state index contributed by atoms with van der Waals surface area (Å²) in [5.74, 6) is -5.00. The number of rotatable bonds is 3. The van der Waals surface area contributed by atoms with E-state index < -0.39 is 33.2 Å². The first-order valence-electron chi connectivity index (χ1n) is 6.76. The lowest BCUT2D eigenvalue weighted by atomic mass is 10.2. The summed E-state index contributed by atoms with van der Waals surface area (Å²) in [6.07, 6.45) is 0.0503. The van der Waals surface area contributed by atoms with Crippen LogP contribution in [0.4, 0.5) is 24.5 Å². The van der Waals surface area contributed by atoms with E-state index in [0.717, 1.165) is 6.07 Å². The Bertz CT molecular complexity index is 961. The van der Waals surface area contributed by atoms with Gasteiger partial charge in [-0.25, -0.2) is 21.6 Å². The maximum Gasteiger partial charge on any atom is 0.262 e. The van der Waals surface area contributed by atoms with Crippen molar-refractivity contribution < 1.29 is 26.4 Å². The number of nitrogens with one attached hydrogen (secondary N) is 1. The van der Waals surface area contributed by atoms with E-state index in [-0.39, 0.29) is 17.2 Å². The molecule has 0 aromatic heterocycles. The van der Waals surface area contributed by atoms with Gasteiger partial charge in [0, 0.05) is 12.7 Å². The summed E-state index contributed by atoms with van der Waals surface area (Å²) in [4.78, 5) is 12.8. The lowest BCUT2D eigenvalue weighted by molar-refractivity contribution is -0.117. The number of amides is 1. The first-order valence-corrected chi connectivity index (χ1v) is 8.25. The predicted molar refractivity (Wildman–Crippen MR) is 80.7 cm³/mol. The van der Waals surface area contributed by atoms with E-state index in [2.05, 4.69) is 0 Å². The van der Waals surface area contributed by atoms with Crippen LogP contribution in [0.25, 0.3) is 0 Å². The van der Waals surface area contributed by atoms with Crippen molar-refractivity contribution in [2.24, 2.45) is 0 Å². The molecule has 126 valence electrons. The fraction of sp³-hybridized carbons (Fsp3) is 0.133. The minimum absolute atomic E-state index is 0.0503. The Kier molecular flexibility index (Phi) is 3.75. The molecular weight excluding hydrogens is 345 g/mol. The number of benzene rings is 2. The molecule has 5 nitrogen and oxygen atoms in total. The fourth-order valence-electron chi connectivity index (χ4n) is 2.42. The minimum Gasteiger partial charge on any atom is -0.315 e. The number of sulfonamides is 1. The van der Waals surface area contributed by atoms with Crippen LogP contribution < -0.4 is 9.62 Å². The fourth-order valence-corrected chi connectivity index (χ4v) is 3.53. The van der Waals surface area contributed by atoms with Crippen LogP contribution in [0.5, 0.6) is 0 Å². The number of hydrogen-bond acceptors (Lipinski definition) is 3. The first kappa shape index (κ1) is 16.3. The van der Waals surface area contributed by atoms with Crippen molar-refractivity contribution in [1.29, 1.82) is 0 Å². The molecule has 3 rings (SSSR count). The van der Waals surface area contributed by atoms with Gasteiger partial charge in [0.2, 0.25) is 5.91 Å². The number of nitrogens with zero attached hydrogens (tertiary/aromatic N) is 1. The van der Waals surface area contributed by atoms with Gasteiger partial charge < -0.3 is 4.90 Å². The summed E-state index contributed by atoms with van der Waals surface area (Å²) in [6, 6.07) is 5.39. The Hall–Kier alpha value is -2.55. The van der Waals surface area contributed by atoms with E-state index in [1.807, 2.05) is 4.72 Å². The summed E-state index contributed by atoms with van der Waals surface area (Å²) in [5, 5.41) is 0. The normalized spacial score (nSPS) is 14.0. The van der Waals surface area contributed by atoms with E-state index >= 15 is 0 Å². The monoisotopic (exact) mass is 356 g/mol. The molecule has 0 fully saturated rings. The Morgan fingerprint density at radius 3 is 2.50 bits per heavy atom. The molecular formula is C15H11F3N2O3S. The van der Waals surface area contributed by atoms with Crippen LogP contribution in [-0.4, -0.2) is 21.4 Å². The van der Waals surface area contributed by atoms with Crippen molar-refractivity contribution in [3.05, 3.63) is 53.3 Å². The quantitative estimate of drug-likeness (QED) is 0.859.